The number of nitrogens with zero attached hydrogens (tertiary/aromatic N) is 3. The van der Waals surface area contributed by atoms with E-state index >= 15 is 0 Å². The molecule has 0 N–H and O–H groups in total. The van der Waals surface area contributed by atoms with Gasteiger partial charge in [-0.05, 0) is 87.2 Å². The Morgan fingerprint density at radius 2 is 1.30 bits per heavy atom. The number of fused-ring (bicyclic) bond motifs is 1. The van der Waals surface area contributed by atoms with Gasteiger partial charge in [-0.1, -0.05) is 60.7 Å². The maximum atomic E-state index is 14.2. The van der Waals surface area contributed by atoms with Crippen molar-refractivity contribution in [1.82, 2.24) is 14.0 Å². The van der Waals surface area contributed by atoms with Crippen molar-refractivity contribution in [1.29, 1.82) is 0 Å². The summed E-state index contributed by atoms with van der Waals surface area (Å²) in [6.07, 6.45) is 8.33. The highest BCUT2D eigenvalue weighted by molar-refractivity contribution is 5.76. The Balaban J connectivity index is 1.19. The van der Waals surface area contributed by atoms with E-state index in [0.29, 0.717) is 6.54 Å². The maximum Gasteiger partial charge on any atom is 0.329 e. The number of aryl methyl sites for hydroxylation is 3. The molecule has 0 amide bonds. The Labute approximate surface area is 219 Å². The highest BCUT2D eigenvalue weighted by Crippen LogP contribution is 2.27. The van der Waals surface area contributed by atoms with Crippen molar-refractivity contribution in [2.75, 3.05) is 19.6 Å². The van der Waals surface area contributed by atoms with E-state index in [1.807, 2.05) is 15.2 Å². The van der Waals surface area contributed by atoms with Crippen LogP contribution in [0, 0.1) is 5.82 Å². The third-order valence-electron chi connectivity index (χ3n) is 7.82. The summed E-state index contributed by atoms with van der Waals surface area (Å²) in [6.45, 7) is 3.75. The summed E-state index contributed by atoms with van der Waals surface area (Å²) in [5, 5.41) is 0. The maximum absolute atomic E-state index is 14.2. The van der Waals surface area contributed by atoms with E-state index in [9.17, 15) is 9.18 Å². The van der Waals surface area contributed by atoms with Crippen molar-refractivity contribution in [3.05, 3.63) is 106 Å². The molecule has 1 aromatic heterocycles. The summed E-state index contributed by atoms with van der Waals surface area (Å²) in [5.74, 6) is -0.279. The summed E-state index contributed by atoms with van der Waals surface area (Å²) in [7, 11) is 0. The molecule has 2 heterocycles. The zero-order valence-corrected chi connectivity index (χ0v) is 21.7. The molecule has 4 nitrogen and oxygen atoms in total. The predicted octanol–water partition coefficient (Wildman–Crippen LogP) is 6.62. The van der Waals surface area contributed by atoms with Crippen LogP contribution in [-0.2, 0) is 19.4 Å². The van der Waals surface area contributed by atoms with Gasteiger partial charge in [-0.25, -0.2) is 9.18 Å². The van der Waals surface area contributed by atoms with E-state index in [4.69, 9.17) is 0 Å². The molecule has 0 atom stereocenters. The summed E-state index contributed by atoms with van der Waals surface area (Å²) in [6, 6.07) is 26.1. The number of halogens is 1. The molecule has 1 aliphatic heterocycles. The number of rotatable bonds is 11. The third kappa shape index (κ3) is 6.40. The minimum Gasteiger partial charge on any atom is -0.303 e. The molecule has 1 fully saturated rings. The quantitative estimate of drug-likeness (QED) is 0.217. The van der Waals surface area contributed by atoms with Crippen LogP contribution in [0.5, 0.6) is 0 Å². The van der Waals surface area contributed by atoms with Crippen molar-refractivity contribution in [3.63, 3.8) is 0 Å². The first-order valence-electron chi connectivity index (χ1n) is 13.9. The van der Waals surface area contributed by atoms with Crippen molar-refractivity contribution < 1.29 is 4.39 Å². The molecule has 0 unspecified atom stereocenters. The molecule has 3 aromatic carbocycles. The number of aromatic nitrogens is 2. The third-order valence-corrected chi connectivity index (χ3v) is 7.82. The fourth-order valence-corrected chi connectivity index (χ4v) is 5.78. The van der Waals surface area contributed by atoms with Gasteiger partial charge in [0.2, 0.25) is 0 Å². The summed E-state index contributed by atoms with van der Waals surface area (Å²) in [5.41, 5.74) is 4.35. The van der Waals surface area contributed by atoms with E-state index in [-0.39, 0.29) is 17.5 Å². The zero-order chi connectivity index (χ0) is 25.5. The molecule has 0 radical (unpaired) electrons. The molecule has 5 heteroatoms. The van der Waals surface area contributed by atoms with Gasteiger partial charge in [0.25, 0.3) is 0 Å². The standard InChI is InChI=1S/C32H38FN3O/c33-28-17-18-30-31(25-28)36(32(37)35(30)22-10-8-16-27-13-5-2-6-14-27)29-19-23-34(24-20-29)21-9-7-15-26-11-3-1-4-12-26/h1-6,11-14,17-18,25,29H,7-10,15-16,19-24H2. The van der Waals surface area contributed by atoms with Gasteiger partial charge in [-0.3, -0.25) is 9.13 Å². The number of hydrogen-bond acceptors (Lipinski definition) is 2. The summed E-state index contributed by atoms with van der Waals surface area (Å²) >= 11 is 0. The number of benzene rings is 3. The Hall–Kier alpha value is -3.18. The van der Waals surface area contributed by atoms with Gasteiger partial charge in [0.1, 0.15) is 5.82 Å². The number of unbranched alkanes of at least 4 members (excludes halogenated alkanes) is 2. The summed E-state index contributed by atoms with van der Waals surface area (Å²) in [4.78, 5) is 16.1. The molecule has 0 aliphatic carbocycles. The first kappa shape index (κ1) is 25.5. The Morgan fingerprint density at radius 3 is 1.92 bits per heavy atom. The SMILES string of the molecule is O=c1n(CCCCc2ccccc2)c2ccc(F)cc2n1C1CCN(CCCCc2ccccc2)CC1. The monoisotopic (exact) mass is 499 g/mol. The first-order valence-corrected chi connectivity index (χ1v) is 13.9. The molecular formula is C32H38FN3O. The van der Waals surface area contributed by atoms with Crippen LogP contribution in [0.4, 0.5) is 4.39 Å². The molecule has 194 valence electrons. The molecule has 0 saturated carbocycles. The van der Waals surface area contributed by atoms with Crippen LogP contribution >= 0.6 is 0 Å². The van der Waals surface area contributed by atoms with Gasteiger partial charge in [0.05, 0.1) is 11.0 Å². The lowest BCUT2D eigenvalue weighted by molar-refractivity contribution is 0.183. The van der Waals surface area contributed by atoms with E-state index < -0.39 is 0 Å². The molecule has 4 aromatic rings. The molecule has 1 aliphatic rings. The van der Waals surface area contributed by atoms with Crippen LogP contribution in [0.15, 0.2) is 83.7 Å². The van der Waals surface area contributed by atoms with Crippen LogP contribution in [0.1, 0.15) is 55.7 Å². The lowest BCUT2D eigenvalue weighted by Gasteiger charge is -2.32. The minimum absolute atomic E-state index is 0.0154. The zero-order valence-electron chi connectivity index (χ0n) is 21.7. The second kappa shape index (κ2) is 12.4. The van der Waals surface area contributed by atoms with Gasteiger partial charge < -0.3 is 4.90 Å². The van der Waals surface area contributed by atoms with Crippen molar-refractivity contribution >= 4 is 11.0 Å². The molecule has 0 bridgehead atoms. The van der Waals surface area contributed by atoms with Crippen LogP contribution in [0.25, 0.3) is 11.0 Å². The topological polar surface area (TPSA) is 30.2 Å². The number of hydrogen-bond donors (Lipinski definition) is 0. The van der Waals surface area contributed by atoms with Crippen LogP contribution < -0.4 is 5.69 Å². The highest BCUT2D eigenvalue weighted by Gasteiger charge is 2.25. The van der Waals surface area contributed by atoms with E-state index in [1.54, 1.807) is 12.1 Å². The lowest BCUT2D eigenvalue weighted by Crippen LogP contribution is -2.38. The predicted molar refractivity (Wildman–Crippen MR) is 150 cm³/mol. The van der Waals surface area contributed by atoms with Crippen molar-refractivity contribution in [2.45, 2.75) is 64.0 Å². The van der Waals surface area contributed by atoms with Gasteiger partial charge in [-0.2, -0.15) is 0 Å². The molecular weight excluding hydrogens is 461 g/mol. The summed E-state index contributed by atoms with van der Waals surface area (Å²) < 4.78 is 18.0. The van der Waals surface area contributed by atoms with Crippen LogP contribution in [-0.4, -0.2) is 33.7 Å². The average molecular weight is 500 g/mol. The number of imidazole rings is 1. The van der Waals surface area contributed by atoms with Crippen LogP contribution in [0.2, 0.25) is 0 Å². The molecule has 0 spiro atoms. The lowest BCUT2D eigenvalue weighted by atomic mass is 10.0. The fraction of sp³-hybridized carbons (Fsp3) is 0.406. The number of likely N-dealkylation sites (tertiary alicyclic amines) is 1. The Kier molecular flexibility index (Phi) is 8.52. The van der Waals surface area contributed by atoms with Gasteiger partial charge in [0.15, 0.2) is 0 Å². The largest absolute Gasteiger partial charge is 0.329 e. The second-order valence-corrected chi connectivity index (χ2v) is 10.4. The van der Waals surface area contributed by atoms with Crippen molar-refractivity contribution in [3.8, 4) is 0 Å². The van der Waals surface area contributed by atoms with Crippen molar-refractivity contribution in [2.24, 2.45) is 0 Å². The minimum atomic E-state index is -0.279. The Bertz CT molecular complexity index is 1320. The van der Waals surface area contributed by atoms with E-state index in [1.165, 1.54) is 30.0 Å². The first-order chi connectivity index (χ1) is 18.2. The Morgan fingerprint density at radius 1 is 0.703 bits per heavy atom. The molecule has 37 heavy (non-hydrogen) atoms. The molecule has 5 rings (SSSR count). The fourth-order valence-electron chi connectivity index (χ4n) is 5.78. The van der Waals surface area contributed by atoms with E-state index in [0.717, 1.165) is 69.2 Å². The number of piperidine rings is 1. The second-order valence-electron chi connectivity index (χ2n) is 10.4. The average Bonchev–Trinajstić information content (AvgIpc) is 3.20. The smallest absolute Gasteiger partial charge is 0.303 e. The van der Waals surface area contributed by atoms with E-state index in [2.05, 4.69) is 59.5 Å². The van der Waals surface area contributed by atoms with Gasteiger partial charge in [0, 0.05) is 25.7 Å². The molecule has 1 saturated heterocycles. The van der Waals surface area contributed by atoms with Gasteiger partial charge in [-0.15, -0.1) is 0 Å². The van der Waals surface area contributed by atoms with Gasteiger partial charge >= 0.3 is 5.69 Å². The normalized spacial score (nSPS) is 14.9. The highest BCUT2D eigenvalue weighted by atomic mass is 19.1. The van der Waals surface area contributed by atoms with Crippen LogP contribution in [0.3, 0.4) is 0 Å².